The zero-order valence-corrected chi connectivity index (χ0v) is 19.7. The number of aromatic nitrogens is 3. The number of anilines is 2. The topological polar surface area (TPSA) is 104 Å². The number of benzene rings is 1. The van der Waals surface area contributed by atoms with E-state index in [1.54, 1.807) is 0 Å². The Balaban J connectivity index is 1.44. The normalized spacial score (nSPS) is 15.0. The highest BCUT2D eigenvalue weighted by Gasteiger charge is 2.28. The molecule has 0 unspecified atom stereocenters. The molecular weight excluding hydrogens is 440 g/mol. The van der Waals surface area contributed by atoms with Gasteiger partial charge >= 0.3 is 0 Å². The van der Waals surface area contributed by atoms with Crippen molar-refractivity contribution in [2.75, 3.05) is 25.0 Å². The number of aliphatic hydroxyl groups excluding tert-OH is 1. The summed E-state index contributed by atoms with van der Waals surface area (Å²) in [6, 6.07) is 10.3. The Morgan fingerprint density at radius 2 is 2.03 bits per heavy atom. The van der Waals surface area contributed by atoms with Gasteiger partial charge in [-0.05, 0) is 66.3 Å². The molecule has 4 N–H and O–H groups in total. The van der Waals surface area contributed by atoms with Gasteiger partial charge in [0.25, 0.3) is 5.91 Å². The minimum atomic E-state index is -0.0978. The minimum absolute atomic E-state index is 0.0408. The number of aliphatic hydroxyl groups is 1. The molecule has 0 saturated heterocycles. The van der Waals surface area contributed by atoms with Crippen molar-refractivity contribution < 1.29 is 9.90 Å². The summed E-state index contributed by atoms with van der Waals surface area (Å²) in [6.07, 6.45) is 6.15. The number of rotatable bonds is 5. The summed E-state index contributed by atoms with van der Waals surface area (Å²) >= 11 is 0. The van der Waals surface area contributed by atoms with E-state index in [-0.39, 0.29) is 12.5 Å². The second-order valence-electron chi connectivity index (χ2n) is 9.24. The number of nitrogens with zero attached hydrogens (tertiary/aromatic N) is 3. The van der Waals surface area contributed by atoms with Gasteiger partial charge in [0.05, 0.1) is 23.0 Å². The maximum atomic E-state index is 13.0. The summed E-state index contributed by atoms with van der Waals surface area (Å²) in [5.74, 6) is 0.611. The zero-order valence-electron chi connectivity index (χ0n) is 19.7. The van der Waals surface area contributed by atoms with E-state index in [1.165, 1.54) is 5.56 Å². The van der Waals surface area contributed by atoms with Crippen molar-refractivity contribution in [2.24, 2.45) is 0 Å². The Kier molecular flexibility index (Phi) is 5.47. The first-order valence-corrected chi connectivity index (χ1v) is 12.1. The van der Waals surface area contributed by atoms with Gasteiger partial charge in [-0.3, -0.25) is 4.79 Å². The van der Waals surface area contributed by atoms with Gasteiger partial charge in [0, 0.05) is 43.6 Å². The second kappa shape index (κ2) is 8.79. The molecule has 1 aromatic carbocycles. The third kappa shape index (κ3) is 3.84. The first kappa shape index (κ1) is 21.8. The van der Waals surface area contributed by atoms with Crippen molar-refractivity contribution in [3.05, 3.63) is 76.2 Å². The molecule has 0 radical (unpaired) electrons. The highest BCUT2D eigenvalue weighted by Crippen LogP contribution is 2.37. The minimum Gasteiger partial charge on any atom is -0.396 e. The Morgan fingerprint density at radius 3 is 2.91 bits per heavy atom. The lowest BCUT2D eigenvalue weighted by molar-refractivity contribution is 0.0966. The molecule has 8 nitrogen and oxygen atoms in total. The SMILES string of the molecule is Cc1ccc2c(-c3ccc(Nc4nc5c(cc4CCO)CCNCC5)c4c3CNC4=O)cnn2c1. The third-order valence-electron chi connectivity index (χ3n) is 6.93. The summed E-state index contributed by atoms with van der Waals surface area (Å²) in [6.45, 7) is 4.37. The van der Waals surface area contributed by atoms with E-state index in [0.717, 1.165) is 70.6 Å². The lowest BCUT2D eigenvalue weighted by Gasteiger charge is -2.17. The van der Waals surface area contributed by atoms with Crippen LogP contribution in [-0.2, 0) is 25.8 Å². The van der Waals surface area contributed by atoms with Crippen molar-refractivity contribution in [3.8, 4) is 11.1 Å². The molecule has 3 aromatic heterocycles. The van der Waals surface area contributed by atoms with Crippen molar-refractivity contribution in [1.82, 2.24) is 25.2 Å². The van der Waals surface area contributed by atoms with Crippen molar-refractivity contribution >= 4 is 22.9 Å². The molecule has 1 amide bonds. The molecule has 0 atom stereocenters. The first-order chi connectivity index (χ1) is 17.1. The van der Waals surface area contributed by atoms with E-state index in [9.17, 15) is 9.90 Å². The smallest absolute Gasteiger partial charge is 0.254 e. The van der Waals surface area contributed by atoms with E-state index in [2.05, 4.69) is 45.3 Å². The zero-order chi connectivity index (χ0) is 23.9. The van der Waals surface area contributed by atoms with Gasteiger partial charge in [-0.2, -0.15) is 5.10 Å². The van der Waals surface area contributed by atoms with Crippen LogP contribution in [0.3, 0.4) is 0 Å². The van der Waals surface area contributed by atoms with Crippen LogP contribution in [0.5, 0.6) is 0 Å². The third-order valence-corrected chi connectivity index (χ3v) is 6.93. The monoisotopic (exact) mass is 468 g/mol. The fourth-order valence-electron chi connectivity index (χ4n) is 5.17. The fourth-order valence-corrected chi connectivity index (χ4v) is 5.17. The van der Waals surface area contributed by atoms with Crippen molar-refractivity contribution in [2.45, 2.75) is 32.7 Å². The number of hydrogen-bond donors (Lipinski definition) is 4. The predicted molar refractivity (Wildman–Crippen MR) is 135 cm³/mol. The number of amides is 1. The molecule has 0 aliphatic carbocycles. The predicted octanol–water partition coefficient (Wildman–Crippen LogP) is 2.91. The first-order valence-electron chi connectivity index (χ1n) is 12.1. The summed E-state index contributed by atoms with van der Waals surface area (Å²) in [5.41, 5.74) is 9.72. The lowest BCUT2D eigenvalue weighted by Crippen LogP contribution is -2.16. The van der Waals surface area contributed by atoms with E-state index in [0.29, 0.717) is 24.3 Å². The standard InChI is InChI=1S/C27H28N6O2/c1-16-2-5-24-20(14-30-33(24)15-16)19-3-4-23(25-21(19)13-29-27(25)35)32-26-18(8-11-34)12-17-6-9-28-10-7-22(17)31-26/h2-5,12,14-15,28,34H,6-11,13H2,1H3,(H,29,35)(H,31,32). The van der Waals surface area contributed by atoms with Crippen LogP contribution >= 0.6 is 0 Å². The van der Waals surface area contributed by atoms with Crippen LogP contribution < -0.4 is 16.0 Å². The van der Waals surface area contributed by atoms with Crippen LogP contribution in [0.2, 0.25) is 0 Å². The molecule has 2 aliphatic rings. The average Bonchev–Trinajstić information content (AvgIpc) is 3.37. The number of aryl methyl sites for hydroxylation is 1. The Bertz CT molecular complexity index is 1460. The van der Waals surface area contributed by atoms with Gasteiger partial charge < -0.3 is 21.1 Å². The molecule has 0 spiro atoms. The number of fused-ring (bicyclic) bond motifs is 3. The van der Waals surface area contributed by atoms with Crippen LogP contribution in [0.1, 0.15) is 38.3 Å². The maximum absolute atomic E-state index is 13.0. The molecular formula is C27H28N6O2. The van der Waals surface area contributed by atoms with E-state index >= 15 is 0 Å². The number of hydrogen-bond acceptors (Lipinski definition) is 6. The number of carbonyl (C=O) groups is 1. The molecule has 178 valence electrons. The number of nitrogens with one attached hydrogen (secondary N) is 3. The molecule has 0 bridgehead atoms. The van der Waals surface area contributed by atoms with Gasteiger partial charge in [0.2, 0.25) is 0 Å². The van der Waals surface area contributed by atoms with Gasteiger partial charge in [-0.1, -0.05) is 18.2 Å². The van der Waals surface area contributed by atoms with Crippen LogP contribution in [0, 0.1) is 6.92 Å². The Labute approximate surface area is 203 Å². The second-order valence-corrected chi connectivity index (χ2v) is 9.24. The van der Waals surface area contributed by atoms with Gasteiger partial charge in [0.15, 0.2) is 0 Å². The van der Waals surface area contributed by atoms with Gasteiger partial charge in [0.1, 0.15) is 5.82 Å². The summed E-state index contributed by atoms with van der Waals surface area (Å²) < 4.78 is 1.88. The number of pyridine rings is 2. The van der Waals surface area contributed by atoms with Crippen molar-refractivity contribution in [3.63, 3.8) is 0 Å². The summed E-state index contributed by atoms with van der Waals surface area (Å²) in [4.78, 5) is 17.9. The summed E-state index contributed by atoms with van der Waals surface area (Å²) in [7, 11) is 0. The van der Waals surface area contributed by atoms with Crippen LogP contribution in [0.25, 0.3) is 16.6 Å². The Hall–Kier alpha value is -3.75. The average molecular weight is 469 g/mol. The molecule has 8 heteroatoms. The van der Waals surface area contributed by atoms with E-state index in [1.807, 2.05) is 29.9 Å². The Morgan fingerprint density at radius 1 is 1.14 bits per heavy atom. The molecule has 0 saturated carbocycles. The molecule has 4 aromatic rings. The maximum Gasteiger partial charge on any atom is 0.254 e. The highest BCUT2D eigenvalue weighted by atomic mass is 16.3. The molecule has 5 heterocycles. The summed E-state index contributed by atoms with van der Waals surface area (Å²) in [5, 5.41) is 24.1. The molecule has 6 rings (SSSR count). The molecule has 0 fully saturated rings. The van der Waals surface area contributed by atoms with Crippen LogP contribution in [0.15, 0.2) is 42.7 Å². The number of carbonyl (C=O) groups excluding carboxylic acids is 1. The molecule has 35 heavy (non-hydrogen) atoms. The van der Waals surface area contributed by atoms with E-state index in [4.69, 9.17) is 4.98 Å². The highest BCUT2D eigenvalue weighted by molar-refractivity contribution is 6.06. The van der Waals surface area contributed by atoms with Gasteiger partial charge in [-0.25, -0.2) is 9.50 Å². The van der Waals surface area contributed by atoms with Gasteiger partial charge in [-0.15, -0.1) is 0 Å². The fraction of sp³-hybridized carbons (Fsp3) is 0.296. The van der Waals surface area contributed by atoms with Crippen LogP contribution in [0.4, 0.5) is 11.5 Å². The lowest BCUT2D eigenvalue weighted by atomic mass is 9.96. The molecule has 2 aliphatic heterocycles. The largest absolute Gasteiger partial charge is 0.396 e. The quantitative estimate of drug-likeness (QED) is 0.359. The van der Waals surface area contributed by atoms with E-state index < -0.39 is 0 Å². The van der Waals surface area contributed by atoms with Crippen molar-refractivity contribution in [1.29, 1.82) is 0 Å². The van der Waals surface area contributed by atoms with Crippen LogP contribution in [-0.4, -0.2) is 45.3 Å².